The van der Waals surface area contributed by atoms with Crippen LogP contribution in [0, 0.1) is 0 Å². The van der Waals surface area contributed by atoms with Gasteiger partial charge in [0.15, 0.2) is 6.10 Å². The highest BCUT2D eigenvalue weighted by atomic mass is 16.6. The molecule has 1 atom stereocenters. The van der Waals surface area contributed by atoms with E-state index in [9.17, 15) is 9.59 Å². The van der Waals surface area contributed by atoms with E-state index in [1.165, 1.54) is 83.5 Å². The van der Waals surface area contributed by atoms with Gasteiger partial charge in [0.05, 0.1) is 13.0 Å². The zero-order chi connectivity index (χ0) is 42.1. The number of allylic oxidation sites excluding steroid dienone is 15. The highest BCUT2D eigenvalue weighted by Gasteiger charge is 2.17. The molecule has 0 saturated carbocycles. The highest BCUT2D eigenvalue weighted by molar-refractivity contribution is 5.71. The number of hydrogen-bond acceptors (Lipinski definition) is 5. The molecule has 0 fully saturated rings. The van der Waals surface area contributed by atoms with Gasteiger partial charge in [0.25, 0.3) is 0 Å². The molecule has 58 heavy (non-hydrogen) atoms. The smallest absolute Gasteiger partial charge is 0.309 e. The molecule has 0 heterocycles. The summed E-state index contributed by atoms with van der Waals surface area (Å²) in [7, 11) is 0. The third-order valence-electron chi connectivity index (χ3n) is 9.61. The van der Waals surface area contributed by atoms with Crippen molar-refractivity contribution in [2.45, 2.75) is 207 Å². The summed E-state index contributed by atoms with van der Waals surface area (Å²) in [6.07, 6.45) is 64.3. The van der Waals surface area contributed by atoms with Gasteiger partial charge in [0.1, 0.15) is 6.61 Å². The minimum absolute atomic E-state index is 0.0186. The molecular weight excluding hydrogens is 717 g/mol. The summed E-state index contributed by atoms with van der Waals surface area (Å²) in [5.41, 5.74) is 0. The van der Waals surface area contributed by atoms with Crippen LogP contribution >= 0.6 is 0 Å². The van der Waals surface area contributed by atoms with Crippen LogP contribution in [0.25, 0.3) is 0 Å². The molecule has 0 aromatic rings. The molecule has 0 aromatic heterocycles. The predicted octanol–water partition coefficient (Wildman–Crippen LogP) is 15.9. The lowest BCUT2D eigenvalue weighted by atomic mass is 10.1. The zero-order valence-corrected chi connectivity index (χ0v) is 37.8. The summed E-state index contributed by atoms with van der Waals surface area (Å²) in [5.74, 6) is -0.567. The number of rotatable bonds is 42. The molecule has 0 aliphatic heterocycles. The van der Waals surface area contributed by atoms with Gasteiger partial charge >= 0.3 is 11.9 Å². The summed E-state index contributed by atoms with van der Waals surface area (Å²) in [6.45, 7) is 7.50. The van der Waals surface area contributed by atoms with Gasteiger partial charge in [-0.1, -0.05) is 189 Å². The monoisotopic (exact) mass is 805 g/mol. The molecule has 0 aliphatic rings. The highest BCUT2D eigenvalue weighted by Crippen LogP contribution is 2.12. The lowest BCUT2D eigenvalue weighted by Crippen LogP contribution is -2.30. The van der Waals surface area contributed by atoms with Gasteiger partial charge in [-0.05, 0) is 96.3 Å². The fraction of sp³-hybridized carbons (Fsp3) is 0.660. The minimum atomic E-state index is -0.589. The van der Waals surface area contributed by atoms with E-state index in [-0.39, 0.29) is 31.6 Å². The van der Waals surface area contributed by atoms with Crippen LogP contribution in [-0.4, -0.2) is 37.9 Å². The predicted molar refractivity (Wildman–Crippen MR) is 251 cm³/mol. The first-order valence-electron chi connectivity index (χ1n) is 23.8. The van der Waals surface area contributed by atoms with Crippen LogP contribution in [0.5, 0.6) is 0 Å². The number of unbranched alkanes of at least 4 members (excludes halogenated alkanes) is 16. The molecule has 0 saturated heterocycles. The third-order valence-corrected chi connectivity index (χ3v) is 9.61. The van der Waals surface area contributed by atoms with Crippen LogP contribution in [0.4, 0.5) is 0 Å². The van der Waals surface area contributed by atoms with Crippen molar-refractivity contribution in [2.75, 3.05) is 19.8 Å². The molecule has 0 amide bonds. The first-order valence-corrected chi connectivity index (χ1v) is 23.8. The molecule has 0 aromatic carbocycles. The second-order valence-corrected chi connectivity index (χ2v) is 15.3. The summed E-state index contributed by atoms with van der Waals surface area (Å²) >= 11 is 0. The van der Waals surface area contributed by atoms with Gasteiger partial charge in [0.2, 0.25) is 0 Å². The fourth-order valence-electron chi connectivity index (χ4n) is 6.06. The average molecular weight is 805 g/mol. The van der Waals surface area contributed by atoms with Crippen molar-refractivity contribution < 1.29 is 23.8 Å². The van der Waals surface area contributed by atoms with Crippen molar-refractivity contribution in [3.05, 3.63) is 97.2 Å². The maximum atomic E-state index is 12.7. The first kappa shape index (κ1) is 54.8. The second-order valence-electron chi connectivity index (χ2n) is 15.3. The van der Waals surface area contributed by atoms with Crippen molar-refractivity contribution in [1.29, 1.82) is 0 Å². The molecule has 0 aliphatic carbocycles. The lowest BCUT2D eigenvalue weighted by molar-refractivity contribution is -0.162. The Morgan fingerprint density at radius 2 is 0.845 bits per heavy atom. The molecule has 1 unspecified atom stereocenters. The molecule has 330 valence electrons. The standard InChI is InChI=1S/C53H88O5/c1-4-7-10-13-16-19-22-24-26-28-30-33-36-39-42-45-48-56-49-51(58-53(55)47-44-41-38-35-31-21-18-15-12-9-6-3)50-57-52(54)46-43-40-37-34-32-29-27-25-23-20-17-14-11-8-5-2/h8,11,15-20,24-27,32,34,40,43,51H,4-7,9-10,12-14,21-23,28-31,33,35-39,41-42,44-50H2,1-3H3/b11-8-,18-15-,19-16-,20-17-,26-24-,27-25-,34-32-,43-40-. The van der Waals surface area contributed by atoms with E-state index in [1.54, 1.807) is 0 Å². The molecule has 0 bridgehead atoms. The zero-order valence-electron chi connectivity index (χ0n) is 37.8. The Morgan fingerprint density at radius 1 is 0.414 bits per heavy atom. The third kappa shape index (κ3) is 45.5. The number of ether oxygens (including phenoxy) is 3. The van der Waals surface area contributed by atoms with Crippen LogP contribution in [0.15, 0.2) is 97.2 Å². The van der Waals surface area contributed by atoms with Crippen molar-refractivity contribution in [1.82, 2.24) is 0 Å². The van der Waals surface area contributed by atoms with Gasteiger partial charge in [-0.15, -0.1) is 0 Å². The topological polar surface area (TPSA) is 61.8 Å². The summed E-state index contributed by atoms with van der Waals surface area (Å²) in [6, 6.07) is 0. The van der Waals surface area contributed by atoms with Crippen molar-refractivity contribution in [3.8, 4) is 0 Å². The van der Waals surface area contributed by atoms with Crippen molar-refractivity contribution in [2.24, 2.45) is 0 Å². The van der Waals surface area contributed by atoms with E-state index in [1.807, 2.05) is 12.2 Å². The molecule has 0 rings (SSSR count). The van der Waals surface area contributed by atoms with E-state index in [0.29, 0.717) is 13.0 Å². The van der Waals surface area contributed by atoms with E-state index in [2.05, 4.69) is 106 Å². The van der Waals surface area contributed by atoms with Gasteiger partial charge in [-0.25, -0.2) is 0 Å². The molecule has 5 heteroatoms. The van der Waals surface area contributed by atoms with E-state index >= 15 is 0 Å². The number of carbonyl (C=O) groups excluding carboxylic acids is 2. The Kier molecular flexibility index (Phi) is 45.5. The lowest BCUT2D eigenvalue weighted by Gasteiger charge is -2.18. The number of carbonyl (C=O) groups is 2. The largest absolute Gasteiger partial charge is 0.461 e. The normalized spacial score (nSPS) is 13.1. The number of esters is 2. The maximum absolute atomic E-state index is 12.7. The van der Waals surface area contributed by atoms with Gasteiger partial charge in [0, 0.05) is 13.0 Å². The number of hydrogen-bond donors (Lipinski definition) is 0. The van der Waals surface area contributed by atoms with Gasteiger partial charge in [-0.2, -0.15) is 0 Å². The second kappa shape index (κ2) is 48.2. The summed E-state index contributed by atoms with van der Waals surface area (Å²) in [4.78, 5) is 25.2. The minimum Gasteiger partial charge on any atom is -0.461 e. The molecule has 0 radical (unpaired) electrons. The van der Waals surface area contributed by atoms with Crippen LogP contribution in [0.2, 0.25) is 0 Å². The Balaban J connectivity index is 4.42. The molecule has 5 nitrogen and oxygen atoms in total. The molecular formula is C53H88O5. The van der Waals surface area contributed by atoms with Gasteiger partial charge in [-0.3, -0.25) is 9.59 Å². The van der Waals surface area contributed by atoms with Crippen LogP contribution in [0.1, 0.15) is 201 Å². The first-order chi connectivity index (χ1) is 28.6. The quantitative estimate of drug-likeness (QED) is 0.0349. The Hall–Kier alpha value is -3.18. The Labute approximate surface area is 358 Å². The maximum Gasteiger partial charge on any atom is 0.309 e. The van der Waals surface area contributed by atoms with E-state index in [4.69, 9.17) is 14.2 Å². The van der Waals surface area contributed by atoms with E-state index < -0.39 is 6.10 Å². The van der Waals surface area contributed by atoms with Crippen molar-refractivity contribution >= 4 is 11.9 Å². The van der Waals surface area contributed by atoms with Crippen LogP contribution < -0.4 is 0 Å². The SMILES string of the molecule is CC/C=C\C/C=C\C/C=C\C/C=C\C/C=C\CC(=O)OCC(COCCCCCCCC/C=C\C/C=C\CCCCC)OC(=O)CCCCCCC/C=C\CCCC. The Bertz CT molecular complexity index is 1140. The van der Waals surface area contributed by atoms with Crippen LogP contribution in [-0.2, 0) is 23.8 Å². The van der Waals surface area contributed by atoms with Gasteiger partial charge < -0.3 is 14.2 Å². The van der Waals surface area contributed by atoms with E-state index in [0.717, 1.165) is 83.5 Å². The summed E-state index contributed by atoms with van der Waals surface area (Å²) in [5, 5.41) is 0. The molecule has 0 spiro atoms. The summed E-state index contributed by atoms with van der Waals surface area (Å²) < 4.78 is 17.2. The fourth-order valence-corrected chi connectivity index (χ4v) is 6.06. The Morgan fingerprint density at radius 3 is 1.40 bits per heavy atom. The van der Waals surface area contributed by atoms with Crippen molar-refractivity contribution in [3.63, 3.8) is 0 Å². The average Bonchev–Trinajstić information content (AvgIpc) is 3.22. The molecule has 0 N–H and O–H groups in total. The van der Waals surface area contributed by atoms with Crippen LogP contribution in [0.3, 0.4) is 0 Å².